The van der Waals surface area contributed by atoms with Crippen molar-refractivity contribution in [1.29, 1.82) is 0 Å². The van der Waals surface area contributed by atoms with Crippen LogP contribution in [0.15, 0.2) is 42.9 Å². The van der Waals surface area contributed by atoms with Gasteiger partial charge in [0.2, 0.25) is 5.91 Å². The predicted molar refractivity (Wildman–Crippen MR) is 119 cm³/mol. The Kier molecular flexibility index (Phi) is 5.11. The number of amides is 2. The minimum absolute atomic E-state index is 0.0119. The summed E-state index contributed by atoms with van der Waals surface area (Å²) in [5.41, 5.74) is 1.07. The van der Waals surface area contributed by atoms with Gasteiger partial charge in [0, 0.05) is 49.9 Å². The second-order valence-corrected chi connectivity index (χ2v) is 9.90. The van der Waals surface area contributed by atoms with Crippen LogP contribution < -0.4 is 0 Å². The van der Waals surface area contributed by atoms with E-state index < -0.39 is 5.41 Å². The Morgan fingerprint density at radius 1 is 1.23 bits per heavy atom. The molecular formula is C25H32N4O2. The van der Waals surface area contributed by atoms with Gasteiger partial charge in [0.05, 0.1) is 17.4 Å². The molecule has 3 fully saturated rings. The molecule has 2 aromatic rings. The number of nitrogens with zero attached hydrogens (tertiary/aromatic N) is 4. The molecule has 2 saturated heterocycles. The highest BCUT2D eigenvalue weighted by Gasteiger charge is 2.57. The zero-order valence-electron chi connectivity index (χ0n) is 18.5. The third kappa shape index (κ3) is 3.66. The van der Waals surface area contributed by atoms with Crippen LogP contribution in [0.5, 0.6) is 0 Å². The normalized spacial score (nSPS) is 26.3. The standard InChI is InChI=1S/C25H32N4O2/c1-18(2)29-15-22(26-17-29)21-14-28(23(30)20-7-4-3-5-8-20)16-25(21)11-6-12-27(24(25)31)13-19-9-10-19/h3-5,7-8,15,17-19,21H,6,9-14,16H2,1-2H3/t21-,25+/m0/s1. The van der Waals surface area contributed by atoms with E-state index in [1.54, 1.807) is 0 Å². The van der Waals surface area contributed by atoms with Crippen LogP contribution in [-0.2, 0) is 4.79 Å². The molecule has 1 saturated carbocycles. The van der Waals surface area contributed by atoms with Crippen LogP contribution in [0.2, 0.25) is 0 Å². The highest BCUT2D eigenvalue weighted by atomic mass is 16.2. The Morgan fingerprint density at radius 3 is 2.68 bits per heavy atom. The minimum Gasteiger partial charge on any atom is -0.342 e. The Bertz CT molecular complexity index is 965. The van der Waals surface area contributed by atoms with Crippen LogP contribution in [0.1, 0.15) is 67.5 Å². The van der Waals surface area contributed by atoms with E-state index in [-0.39, 0.29) is 17.7 Å². The van der Waals surface area contributed by atoms with Crippen LogP contribution in [0, 0.1) is 11.3 Å². The molecule has 1 aliphatic carbocycles. The number of hydrogen-bond acceptors (Lipinski definition) is 3. The maximum Gasteiger partial charge on any atom is 0.253 e. The molecule has 3 heterocycles. The van der Waals surface area contributed by atoms with Gasteiger partial charge in [-0.2, -0.15) is 0 Å². The fraction of sp³-hybridized carbons (Fsp3) is 0.560. The Balaban J connectivity index is 1.49. The lowest BCUT2D eigenvalue weighted by Gasteiger charge is -2.42. The Labute approximate surface area is 184 Å². The first kappa shape index (κ1) is 20.3. The van der Waals surface area contributed by atoms with Crippen LogP contribution in [-0.4, -0.2) is 57.3 Å². The maximum atomic E-state index is 13.9. The van der Waals surface area contributed by atoms with Crippen molar-refractivity contribution in [2.24, 2.45) is 11.3 Å². The summed E-state index contributed by atoms with van der Waals surface area (Å²) in [6.45, 7) is 7.01. The fourth-order valence-electron chi connectivity index (χ4n) is 5.39. The second-order valence-electron chi connectivity index (χ2n) is 9.90. The van der Waals surface area contributed by atoms with E-state index in [9.17, 15) is 9.59 Å². The van der Waals surface area contributed by atoms with E-state index in [4.69, 9.17) is 4.98 Å². The van der Waals surface area contributed by atoms with Crippen molar-refractivity contribution in [3.05, 3.63) is 54.1 Å². The number of carbonyl (C=O) groups excluding carboxylic acids is 2. The van der Waals surface area contributed by atoms with Gasteiger partial charge < -0.3 is 14.4 Å². The molecule has 6 nitrogen and oxygen atoms in total. The van der Waals surface area contributed by atoms with Crippen LogP contribution in [0.3, 0.4) is 0 Å². The number of imidazole rings is 1. The first-order valence-electron chi connectivity index (χ1n) is 11.6. The first-order valence-corrected chi connectivity index (χ1v) is 11.6. The number of benzene rings is 1. The molecule has 2 aliphatic heterocycles. The third-order valence-electron chi connectivity index (χ3n) is 7.37. The summed E-state index contributed by atoms with van der Waals surface area (Å²) in [7, 11) is 0. The zero-order chi connectivity index (χ0) is 21.6. The van der Waals surface area contributed by atoms with Crippen molar-refractivity contribution < 1.29 is 9.59 Å². The van der Waals surface area contributed by atoms with Crippen molar-refractivity contribution in [2.75, 3.05) is 26.2 Å². The molecule has 1 aromatic heterocycles. The lowest BCUT2D eigenvalue weighted by Crippen LogP contribution is -2.52. The Hall–Kier alpha value is -2.63. The number of likely N-dealkylation sites (tertiary alicyclic amines) is 2. The van der Waals surface area contributed by atoms with Crippen LogP contribution >= 0.6 is 0 Å². The average Bonchev–Trinajstić information content (AvgIpc) is 3.31. The number of aromatic nitrogens is 2. The molecule has 2 amide bonds. The minimum atomic E-state index is -0.562. The molecule has 5 rings (SSSR count). The van der Waals surface area contributed by atoms with Crippen LogP contribution in [0.25, 0.3) is 0 Å². The smallest absolute Gasteiger partial charge is 0.253 e. The molecule has 6 heteroatoms. The first-order chi connectivity index (χ1) is 15.0. The van der Waals surface area contributed by atoms with Gasteiger partial charge in [-0.05, 0) is 57.6 Å². The van der Waals surface area contributed by atoms with Gasteiger partial charge in [0.15, 0.2) is 0 Å². The van der Waals surface area contributed by atoms with Crippen molar-refractivity contribution >= 4 is 11.8 Å². The molecule has 0 radical (unpaired) electrons. The monoisotopic (exact) mass is 420 g/mol. The highest BCUT2D eigenvalue weighted by molar-refractivity contribution is 5.96. The molecule has 2 atom stereocenters. The lowest BCUT2D eigenvalue weighted by atomic mass is 9.70. The third-order valence-corrected chi connectivity index (χ3v) is 7.37. The molecule has 1 spiro atoms. The Morgan fingerprint density at radius 2 is 2.00 bits per heavy atom. The van der Waals surface area contributed by atoms with Gasteiger partial charge in [-0.25, -0.2) is 4.98 Å². The largest absolute Gasteiger partial charge is 0.342 e. The van der Waals surface area contributed by atoms with E-state index >= 15 is 0 Å². The van der Waals surface area contributed by atoms with E-state index in [2.05, 4.69) is 29.5 Å². The number of hydrogen-bond donors (Lipinski definition) is 0. The number of carbonyl (C=O) groups is 2. The molecule has 1 aromatic carbocycles. The molecular weight excluding hydrogens is 388 g/mol. The van der Waals surface area contributed by atoms with Gasteiger partial charge in [-0.1, -0.05) is 18.2 Å². The quantitative estimate of drug-likeness (QED) is 0.741. The van der Waals surface area contributed by atoms with E-state index in [0.717, 1.165) is 31.6 Å². The maximum absolute atomic E-state index is 13.9. The summed E-state index contributed by atoms with van der Waals surface area (Å²) in [5.74, 6) is 0.854. The zero-order valence-corrected chi connectivity index (χ0v) is 18.5. The summed E-state index contributed by atoms with van der Waals surface area (Å²) in [4.78, 5) is 35.9. The summed E-state index contributed by atoms with van der Waals surface area (Å²) < 4.78 is 2.10. The summed E-state index contributed by atoms with van der Waals surface area (Å²) in [6, 6.07) is 9.74. The second kappa shape index (κ2) is 7.81. The van der Waals surface area contributed by atoms with E-state index in [1.165, 1.54) is 12.8 Å². The molecule has 164 valence electrons. The fourth-order valence-corrected chi connectivity index (χ4v) is 5.39. The van der Waals surface area contributed by atoms with Gasteiger partial charge in [0.25, 0.3) is 5.91 Å². The van der Waals surface area contributed by atoms with Crippen molar-refractivity contribution in [1.82, 2.24) is 19.4 Å². The van der Waals surface area contributed by atoms with Crippen molar-refractivity contribution in [2.45, 2.75) is 51.5 Å². The van der Waals surface area contributed by atoms with Gasteiger partial charge in [0.1, 0.15) is 0 Å². The topological polar surface area (TPSA) is 58.4 Å². The average molecular weight is 421 g/mol. The molecule has 3 aliphatic rings. The lowest BCUT2D eigenvalue weighted by molar-refractivity contribution is -0.146. The van der Waals surface area contributed by atoms with Crippen LogP contribution in [0.4, 0.5) is 0 Å². The molecule has 0 N–H and O–H groups in total. The summed E-state index contributed by atoms with van der Waals surface area (Å²) in [5, 5.41) is 0. The molecule has 0 bridgehead atoms. The van der Waals surface area contributed by atoms with Crippen molar-refractivity contribution in [3.8, 4) is 0 Å². The summed E-state index contributed by atoms with van der Waals surface area (Å²) in [6.07, 6.45) is 8.23. The van der Waals surface area contributed by atoms with Gasteiger partial charge in [-0.15, -0.1) is 0 Å². The van der Waals surface area contributed by atoms with Crippen molar-refractivity contribution in [3.63, 3.8) is 0 Å². The SMILES string of the molecule is CC(C)n1cnc([C@@H]2CN(C(=O)c3ccccc3)C[C@]23CCCN(CC2CC2)C3=O)c1. The van der Waals surface area contributed by atoms with Gasteiger partial charge in [-0.3, -0.25) is 9.59 Å². The number of rotatable bonds is 5. The molecule has 31 heavy (non-hydrogen) atoms. The van der Waals surface area contributed by atoms with E-state index in [0.29, 0.717) is 30.6 Å². The molecule has 0 unspecified atom stereocenters. The number of piperidine rings is 1. The predicted octanol–water partition coefficient (Wildman–Crippen LogP) is 3.72. The van der Waals surface area contributed by atoms with Gasteiger partial charge >= 0.3 is 0 Å². The van der Waals surface area contributed by atoms with E-state index in [1.807, 2.05) is 41.6 Å². The highest BCUT2D eigenvalue weighted by Crippen LogP contribution is 2.50. The summed E-state index contributed by atoms with van der Waals surface area (Å²) >= 11 is 0.